The van der Waals surface area contributed by atoms with Gasteiger partial charge in [0, 0.05) is 17.8 Å². The zero-order chi connectivity index (χ0) is 28.0. The summed E-state index contributed by atoms with van der Waals surface area (Å²) in [5.41, 5.74) is 0.868. The molecule has 2 aliphatic rings. The van der Waals surface area contributed by atoms with E-state index in [1.807, 2.05) is 0 Å². The molecule has 0 aliphatic carbocycles. The molecule has 1 aromatic heterocycles. The van der Waals surface area contributed by atoms with Crippen LogP contribution in [0.25, 0.3) is 11.0 Å². The second kappa shape index (κ2) is 9.92. The van der Waals surface area contributed by atoms with Crippen LogP contribution in [0.4, 0.5) is 5.69 Å². The van der Waals surface area contributed by atoms with Gasteiger partial charge >= 0.3 is 5.63 Å². The van der Waals surface area contributed by atoms with Crippen molar-refractivity contribution in [3.63, 3.8) is 0 Å². The first-order valence-electron chi connectivity index (χ1n) is 12.3. The zero-order valence-electron chi connectivity index (χ0n) is 22.1. The standard InChI is InChI=1S/C29H25NO10/c1-33-18-9-14(10-21-26(18)38-13-37-21)22-23-24(16-7-5-6-8-17(16)39-29(23)32)40-27(22)28(31)30-15-11-19(34-2)25(36-4)20(12-15)35-3/h5-12,22,27H,13H2,1-4H3,(H,30,31)/t22-,27+/m0/s1. The summed E-state index contributed by atoms with van der Waals surface area (Å²) in [6, 6.07) is 13.6. The van der Waals surface area contributed by atoms with Crippen LogP contribution >= 0.6 is 0 Å². The summed E-state index contributed by atoms with van der Waals surface area (Å²) in [6.07, 6.45) is -1.16. The third kappa shape index (κ3) is 3.98. The summed E-state index contributed by atoms with van der Waals surface area (Å²) in [5, 5.41) is 3.44. The SMILES string of the molecule is COc1cc(NC(=O)[C@@H]2Oc3c(c(=O)oc4ccccc34)[C@@H]2c2cc(OC)c3c(c2)OCO3)cc(OC)c1OC. The molecule has 0 saturated heterocycles. The van der Waals surface area contributed by atoms with Crippen LogP contribution in [0, 0.1) is 0 Å². The van der Waals surface area contributed by atoms with Gasteiger partial charge in [-0.3, -0.25) is 4.79 Å². The van der Waals surface area contributed by atoms with Crippen molar-refractivity contribution in [2.24, 2.45) is 0 Å². The number of amides is 1. The van der Waals surface area contributed by atoms with Gasteiger partial charge in [-0.05, 0) is 29.8 Å². The normalized spacial score (nSPS) is 16.7. The molecule has 11 heteroatoms. The highest BCUT2D eigenvalue weighted by molar-refractivity contribution is 5.98. The van der Waals surface area contributed by atoms with Gasteiger partial charge in [-0.1, -0.05) is 12.1 Å². The van der Waals surface area contributed by atoms with E-state index in [4.69, 9.17) is 37.6 Å². The first-order valence-corrected chi connectivity index (χ1v) is 12.3. The molecular formula is C29H25NO10. The maximum atomic E-state index is 13.9. The highest BCUT2D eigenvalue weighted by Crippen LogP contribution is 2.49. The van der Waals surface area contributed by atoms with Gasteiger partial charge < -0.3 is 42.9 Å². The van der Waals surface area contributed by atoms with Crippen molar-refractivity contribution >= 4 is 22.6 Å². The van der Waals surface area contributed by atoms with Crippen molar-refractivity contribution < 1.29 is 42.4 Å². The monoisotopic (exact) mass is 547 g/mol. The Morgan fingerprint density at radius 1 is 0.875 bits per heavy atom. The number of anilines is 1. The molecule has 1 N–H and O–H groups in total. The minimum Gasteiger partial charge on any atom is -0.493 e. The van der Waals surface area contributed by atoms with E-state index in [1.165, 1.54) is 28.4 Å². The molecule has 3 heterocycles. The summed E-state index contributed by atoms with van der Waals surface area (Å²) in [5.74, 6) is 1.25. The van der Waals surface area contributed by atoms with Gasteiger partial charge in [0.2, 0.25) is 18.3 Å². The van der Waals surface area contributed by atoms with Gasteiger partial charge in [-0.2, -0.15) is 0 Å². The van der Waals surface area contributed by atoms with Crippen molar-refractivity contribution in [1.82, 2.24) is 0 Å². The molecule has 3 aromatic carbocycles. The van der Waals surface area contributed by atoms with Gasteiger partial charge in [-0.15, -0.1) is 0 Å². The Hall–Kier alpha value is -5.06. The fraction of sp³-hybridized carbons (Fsp3) is 0.241. The highest BCUT2D eigenvalue weighted by atomic mass is 16.7. The van der Waals surface area contributed by atoms with E-state index < -0.39 is 23.6 Å². The number of para-hydroxylation sites is 1. The molecule has 2 aliphatic heterocycles. The van der Waals surface area contributed by atoms with E-state index in [-0.39, 0.29) is 18.1 Å². The van der Waals surface area contributed by atoms with Crippen molar-refractivity contribution in [3.05, 3.63) is 70.1 Å². The minimum absolute atomic E-state index is 0.0186. The van der Waals surface area contributed by atoms with Crippen LogP contribution in [0.1, 0.15) is 17.0 Å². The molecule has 6 rings (SSSR count). The number of ether oxygens (including phenoxy) is 7. The Kier molecular flexibility index (Phi) is 6.25. The molecule has 0 saturated carbocycles. The van der Waals surface area contributed by atoms with Crippen LogP contribution in [0.15, 0.2) is 57.7 Å². The lowest BCUT2D eigenvalue weighted by Crippen LogP contribution is -2.35. The Morgan fingerprint density at radius 3 is 2.30 bits per heavy atom. The summed E-state index contributed by atoms with van der Waals surface area (Å²) in [7, 11) is 5.94. The van der Waals surface area contributed by atoms with E-state index in [2.05, 4.69) is 5.32 Å². The molecule has 2 atom stereocenters. The second-order valence-corrected chi connectivity index (χ2v) is 9.00. The largest absolute Gasteiger partial charge is 0.493 e. The number of nitrogens with one attached hydrogen (secondary N) is 1. The summed E-state index contributed by atoms with van der Waals surface area (Å²) < 4.78 is 44.8. The molecular weight excluding hydrogens is 522 g/mol. The van der Waals surface area contributed by atoms with Gasteiger partial charge in [0.25, 0.3) is 5.91 Å². The average molecular weight is 548 g/mol. The Labute approximate surface area is 228 Å². The lowest BCUT2D eigenvalue weighted by molar-refractivity contribution is -0.122. The van der Waals surface area contributed by atoms with Crippen LogP contribution in [0.5, 0.6) is 40.2 Å². The Bertz CT molecular complexity index is 1670. The van der Waals surface area contributed by atoms with Crippen molar-refractivity contribution in [1.29, 1.82) is 0 Å². The summed E-state index contributed by atoms with van der Waals surface area (Å²) in [4.78, 5) is 27.2. The third-order valence-corrected chi connectivity index (χ3v) is 6.89. The fourth-order valence-corrected chi connectivity index (χ4v) is 5.12. The van der Waals surface area contributed by atoms with Gasteiger partial charge in [0.05, 0.1) is 45.3 Å². The smallest absolute Gasteiger partial charge is 0.344 e. The van der Waals surface area contributed by atoms with Gasteiger partial charge in [-0.25, -0.2) is 4.79 Å². The van der Waals surface area contributed by atoms with E-state index in [9.17, 15) is 9.59 Å². The molecule has 206 valence electrons. The molecule has 11 nitrogen and oxygen atoms in total. The van der Waals surface area contributed by atoms with Crippen molar-refractivity contribution in [2.75, 3.05) is 40.5 Å². The molecule has 0 radical (unpaired) electrons. The first-order chi connectivity index (χ1) is 19.5. The van der Waals surface area contributed by atoms with Crippen molar-refractivity contribution in [2.45, 2.75) is 12.0 Å². The molecule has 40 heavy (non-hydrogen) atoms. The number of fused-ring (bicyclic) bond motifs is 4. The first kappa shape index (κ1) is 25.2. The van der Waals surface area contributed by atoms with Crippen molar-refractivity contribution in [3.8, 4) is 40.2 Å². The molecule has 0 spiro atoms. The maximum absolute atomic E-state index is 13.9. The number of hydrogen-bond donors (Lipinski definition) is 1. The van der Waals surface area contributed by atoms with Gasteiger partial charge in [0.1, 0.15) is 11.3 Å². The third-order valence-electron chi connectivity index (χ3n) is 6.89. The van der Waals surface area contributed by atoms with E-state index >= 15 is 0 Å². The highest BCUT2D eigenvalue weighted by Gasteiger charge is 2.45. The van der Waals surface area contributed by atoms with Crippen LogP contribution in [-0.2, 0) is 4.79 Å². The van der Waals surface area contributed by atoms with E-state index in [0.29, 0.717) is 56.7 Å². The quantitative estimate of drug-likeness (QED) is 0.338. The summed E-state index contributed by atoms with van der Waals surface area (Å²) in [6.45, 7) is 0.0186. The van der Waals surface area contributed by atoms with E-state index in [0.717, 1.165) is 0 Å². The van der Waals surface area contributed by atoms with Crippen LogP contribution in [0.3, 0.4) is 0 Å². The predicted octanol–water partition coefficient (Wildman–Crippen LogP) is 4.09. The topological polar surface area (TPSA) is 124 Å². The second-order valence-electron chi connectivity index (χ2n) is 9.00. The minimum atomic E-state index is -1.16. The number of rotatable bonds is 7. The lowest BCUT2D eigenvalue weighted by Gasteiger charge is -2.20. The number of hydrogen-bond acceptors (Lipinski definition) is 10. The van der Waals surface area contributed by atoms with Crippen LogP contribution < -0.4 is 44.1 Å². The molecule has 4 aromatic rings. The van der Waals surface area contributed by atoms with Gasteiger partial charge in [0.15, 0.2) is 29.1 Å². The van der Waals surface area contributed by atoms with Crippen LogP contribution in [0.2, 0.25) is 0 Å². The predicted molar refractivity (Wildman–Crippen MR) is 143 cm³/mol. The maximum Gasteiger partial charge on any atom is 0.344 e. The Balaban J connectivity index is 1.48. The lowest BCUT2D eigenvalue weighted by atomic mass is 9.87. The number of methoxy groups -OCH3 is 4. The zero-order valence-corrected chi connectivity index (χ0v) is 22.1. The molecule has 0 bridgehead atoms. The summed E-state index contributed by atoms with van der Waals surface area (Å²) >= 11 is 0. The molecule has 0 unspecified atom stereocenters. The fourth-order valence-electron chi connectivity index (χ4n) is 5.12. The number of carbonyl (C=O) groups excluding carboxylic acids is 1. The number of benzene rings is 3. The Morgan fingerprint density at radius 2 is 1.60 bits per heavy atom. The average Bonchev–Trinajstić information content (AvgIpc) is 3.62. The van der Waals surface area contributed by atoms with Crippen LogP contribution in [-0.4, -0.2) is 47.2 Å². The molecule has 0 fully saturated rings. The molecule has 1 amide bonds. The number of carbonyl (C=O) groups is 1. The van der Waals surface area contributed by atoms with E-state index in [1.54, 1.807) is 48.5 Å².